The van der Waals surface area contributed by atoms with Crippen LogP contribution in [0.15, 0.2) is 41.3 Å². The van der Waals surface area contributed by atoms with Crippen LogP contribution in [0.5, 0.6) is 5.75 Å². The Hall–Kier alpha value is -1.64. The van der Waals surface area contributed by atoms with Gasteiger partial charge in [-0.15, -0.1) is 12.4 Å². The molecule has 0 bridgehead atoms. The highest BCUT2D eigenvalue weighted by molar-refractivity contribution is 7.89. The third kappa shape index (κ3) is 5.60. The first-order chi connectivity index (χ1) is 15.6. The number of hydrogen-bond donors (Lipinski definition) is 2. The average molecular weight is 551 g/mol. The minimum Gasteiger partial charge on any atom is -0.493 e. The maximum atomic E-state index is 13.9. The maximum absolute atomic E-state index is 13.9. The van der Waals surface area contributed by atoms with Crippen LogP contribution in [-0.4, -0.2) is 56.2 Å². The molecule has 2 N–H and O–H groups in total. The van der Waals surface area contributed by atoms with E-state index in [0.29, 0.717) is 24.4 Å². The van der Waals surface area contributed by atoms with Crippen molar-refractivity contribution < 1.29 is 22.7 Å². The lowest BCUT2D eigenvalue weighted by molar-refractivity contribution is 0.00347. The van der Waals surface area contributed by atoms with E-state index in [9.17, 15) is 17.9 Å². The topological polar surface area (TPSA) is 103 Å². The maximum Gasteiger partial charge on any atom is 0.244 e. The Balaban J connectivity index is 0.00000324. The number of aliphatic hydroxyl groups excluding tert-OH is 1. The smallest absolute Gasteiger partial charge is 0.244 e. The molecule has 1 saturated carbocycles. The van der Waals surface area contributed by atoms with Crippen molar-refractivity contribution in [3.8, 4) is 11.8 Å². The van der Waals surface area contributed by atoms with Crippen LogP contribution in [0.25, 0.3) is 0 Å². The summed E-state index contributed by atoms with van der Waals surface area (Å²) < 4.78 is 47.2. The number of hydrogen-bond acceptors (Lipinski definition) is 6. The summed E-state index contributed by atoms with van der Waals surface area (Å²) in [5, 5.41) is 22.2. The molecule has 0 unspecified atom stereocenters. The largest absolute Gasteiger partial charge is 0.493 e. The Morgan fingerprint density at radius 1 is 1.24 bits per heavy atom. The van der Waals surface area contributed by atoms with Crippen molar-refractivity contribution in [3.63, 3.8) is 0 Å². The van der Waals surface area contributed by atoms with Crippen molar-refractivity contribution >= 4 is 45.6 Å². The monoisotopic (exact) mass is 549 g/mol. The number of nitrogens with zero attached hydrogens (tertiary/aromatic N) is 2. The van der Waals surface area contributed by atoms with Gasteiger partial charge in [0.05, 0.1) is 23.3 Å². The van der Waals surface area contributed by atoms with Gasteiger partial charge in [0.15, 0.2) is 0 Å². The van der Waals surface area contributed by atoms with Crippen molar-refractivity contribution in [1.82, 2.24) is 9.62 Å². The molecule has 4 rings (SSSR count). The van der Waals surface area contributed by atoms with Crippen LogP contribution < -0.4 is 10.1 Å². The van der Waals surface area contributed by atoms with Crippen molar-refractivity contribution in [2.75, 3.05) is 26.2 Å². The molecular weight excluding hydrogens is 528 g/mol. The van der Waals surface area contributed by atoms with Crippen LogP contribution in [0.2, 0.25) is 10.0 Å². The Kier molecular flexibility index (Phi) is 8.36. The molecule has 34 heavy (non-hydrogen) atoms. The van der Waals surface area contributed by atoms with Crippen LogP contribution in [0.3, 0.4) is 0 Å². The van der Waals surface area contributed by atoms with Gasteiger partial charge in [-0.2, -0.15) is 9.57 Å². The summed E-state index contributed by atoms with van der Waals surface area (Å²) in [5.41, 5.74) is -0.639. The van der Waals surface area contributed by atoms with Crippen molar-refractivity contribution in [2.24, 2.45) is 5.41 Å². The SMILES string of the molecule is Cl.N#Cc1ccc(OCC2(CN[C@H]3C[C@@H](O)C3)CN(S(=O)(=O)c3ccc(Cl)cc3Cl)C2)cc1F. The molecule has 0 radical (unpaired) electrons. The lowest BCUT2D eigenvalue weighted by Crippen LogP contribution is -2.65. The van der Waals surface area contributed by atoms with E-state index in [1.807, 2.05) is 0 Å². The third-order valence-electron chi connectivity index (χ3n) is 6.02. The third-order valence-corrected chi connectivity index (χ3v) is 8.53. The number of ether oxygens (including phenoxy) is 1. The lowest BCUT2D eigenvalue weighted by atomic mass is 9.81. The Bertz CT molecular complexity index is 1200. The fourth-order valence-corrected chi connectivity index (χ4v) is 6.39. The van der Waals surface area contributed by atoms with Gasteiger partial charge in [-0.25, -0.2) is 12.8 Å². The summed E-state index contributed by atoms with van der Waals surface area (Å²) in [4.78, 5) is -0.0210. The number of sulfonamides is 1. The van der Waals surface area contributed by atoms with E-state index in [1.165, 1.54) is 34.6 Å². The van der Waals surface area contributed by atoms with Crippen LogP contribution in [-0.2, 0) is 10.0 Å². The highest BCUT2D eigenvalue weighted by Gasteiger charge is 2.50. The number of nitriles is 1. The van der Waals surface area contributed by atoms with Gasteiger partial charge < -0.3 is 15.2 Å². The van der Waals surface area contributed by atoms with Crippen LogP contribution >= 0.6 is 35.6 Å². The van der Waals surface area contributed by atoms with Gasteiger partial charge in [-0.1, -0.05) is 23.2 Å². The molecule has 1 saturated heterocycles. The number of halogens is 4. The Labute approximate surface area is 213 Å². The van der Waals surface area contributed by atoms with Crippen molar-refractivity contribution in [1.29, 1.82) is 5.26 Å². The molecule has 7 nitrogen and oxygen atoms in total. The standard InChI is InChI=1S/C22H22Cl2FN3O4S.ClH/c23-15-2-4-21(19(24)5-15)33(30,31)28-11-22(12-28,10-27-16-6-17(29)7-16)13-32-18-3-1-14(9-26)20(25)8-18;/h1-5,8,16-17,27,29H,6-7,10-13H2;1H/t16-,17+;. The highest BCUT2D eigenvalue weighted by atomic mass is 35.5. The van der Waals surface area contributed by atoms with Crippen molar-refractivity contribution in [3.05, 3.63) is 57.8 Å². The molecule has 0 amide bonds. The second kappa shape index (κ2) is 10.5. The molecular formula is C22H23Cl3FN3O4S. The highest BCUT2D eigenvalue weighted by Crippen LogP contribution is 2.38. The van der Waals surface area contributed by atoms with Gasteiger partial charge in [0, 0.05) is 42.2 Å². The summed E-state index contributed by atoms with van der Waals surface area (Å²) in [7, 11) is -3.83. The van der Waals surface area contributed by atoms with E-state index >= 15 is 0 Å². The minimum atomic E-state index is -3.83. The van der Waals surface area contributed by atoms with E-state index < -0.39 is 21.3 Å². The number of rotatable bonds is 8. The molecule has 2 fully saturated rings. The fraction of sp³-hybridized carbons (Fsp3) is 0.409. The summed E-state index contributed by atoms with van der Waals surface area (Å²) >= 11 is 12.0. The predicted molar refractivity (Wildman–Crippen MR) is 129 cm³/mol. The molecule has 1 aliphatic carbocycles. The Morgan fingerprint density at radius 2 is 1.94 bits per heavy atom. The molecule has 184 valence electrons. The number of aliphatic hydroxyl groups is 1. The molecule has 12 heteroatoms. The van der Waals surface area contributed by atoms with E-state index in [1.54, 1.807) is 6.07 Å². The normalized spacial score (nSPS) is 21.5. The zero-order valence-corrected chi connectivity index (χ0v) is 21.0. The zero-order chi connectivity index (χ0) is 23.8. The first-order valence-electron chi connectivity index (χ1n) is 10.3. The molecule has 2 aromatic carbocycles. The van der Waals surface area contributed by atoms with Crippen LogP contribution in [0.4, 0.5) is 4.39 Å². The predicted octanol–water partition coefficient (Wildman–Crippen LogP) is 3.61. The minimum absolute atomic E-state index is 0. The number of benzene rings is 2. The van der Waals surface area contributed by atoms with E-state index in [0.717, 1.165) is 6.07 Å². The number of nitrogens with one attached hydrogen (secondary N) is 1. The summed E-state index contributed by atoms with van der Waals surface area (Å²) in [6, 6.07) is 10.1. The molecule has 1 heterocycles. The summed E-state index contributed by atoms with van der Waals surface area (Å²) in [6.45, 7) is 0.954. The first kappa shape index (κ1) is 27.0. The van der Waals surface area contributed by atoms with Gasteiger partial charge in [0.1, 0.15) is 22.5 Å². The fourth-order valence-electron chi connectivity index (χ4n) is 3.98. The average Bonchev–Trinajstić information content (AvgIpc) is 2.70. The molecule has 2 aliphatic rings. The summed E-state index contributed by atoms with van der Waals surface area (Å²) in [6.07, 6.45) is 0.960. The van der Waals surface area contributed by atoms with Crippen LogP contribution in [0, 0.1) is 22.6 Å². The van der Waals surface area contributed by atoms with E-state index in [2.05, 4.69) is 5.32 Å². The molecule has 0 aromatic heterocycles. The van der Waals surface area contributed by atoms with Gasteiger partial charge >= 0.3 is 0 Å². The van der Waals surface area contributed by atoms with E-state index in [4.69, 9.17) is 33.2 Å². The van der Waals surface area contributed by atoms with Crippen molar-refractivity contribution in [2.45, 2.75) is 29.9 Å². The van der Waals surface area contributed by atoms with Crippen LogP contribution in [0.1, 0.15) is 18.4 Å². The second-order valence-electron chi connectivity index (χ2n) is 8.59. The van der Waals surface area contributed by atoms with Gasteiger partial charge in [-0.3, -0.25) is 0 Å². The Morgan fingerprint density at radius 3 is 2.53 bits per heavy atom. The summed E-state index contributed by atoms with van der Waals surface area (Å²) in [5.74, 6) is -0.423. The first-order valence-corrected chi connectivity index (χ1v) is 12.5. The molecule has 0 atom stereocenters. The van der Waals surface area contributed by atoms with Gasteiger partial charge in [0.2, 0.25) is 10.0 Å². The second-order valence-corrected chi connectivity index (χ2v) is 11.3. The van der Waals surface area contributed by atoms with Gasteiger partial charge in [0.25, 0.3) is 0 Å². The quantitative estimate of drug-likeness (QED) is 0.521. The molecule has 2 aromatic rings. The lowest BCUT2D eigenvalue weighted by Gasteiger charge is -2.50. The van der Waals surface area contributed by atoms with E-state index in [-0.39, 0.29) is 65.5 Å². The molecule has 0 spiro atoms. The van der Waals surface area contributed by atoms with Gasteiger partial charge in [-0.05, 0) is 43.2 Å². The zero-order valence-electron chi connectivity index (χ0n) is 17.9. The molecule has 1 aliphatic heterocycles.